The third-order valence-electron chi connectivity index (χ3n) is 2.24. The molecule has 0 aromatic carbocycles. The van der Waals surface area contributed by atoms with Gasteiger partial charge in [-0.15, -0.1) is 0 Å². The van der Waals surface area contributed by atoms with Gasteiger partial charge in [-0.1, -0.05) is 20.8 Å². The van der Waals surface area contributed by atoms with Gasteiger partial charge in [-0.05, 0) is 12.3 Å². The number of aliphatic carboxylic acids is 1. The van der Waals surface area contributed by atoms with E-state index in [9.17, 15) is 17.4 Å². The lowest BCUT2D eigenvalue weighted by Crippen LogP contribution is -2.34. The van der Waals surface area contributed by atoms with Crippen LogP contribution in [0, 0.1) is 5.92 Å². The molecule has 7 heteroatoms. The van der Waals surface area contributed by atoms with Crippen LogP contribution in [0.25, 0.3) is 0 Å². The average molecular weight is 284 g/mol. The zero-order valence-corrected chi connectivity index (χ0v) is 12.0. The van der Waals surface area contributed by atoms with E-state index in [1.807, 2.05) is 0 Å². The van der Waals surface area contributed by atoms with Gasteiger partial charge in [0.1, 0.15) is 5.25 Å². The SMILES string of the molecule is CCCS(=O)(=O)CCS(=O)C(C(=O)O)C(C)C. The molecule has 0 spiro atoms. The lowest BCUT2D eigenvalue weighted by molar-refractivity contribution is -0.137. The first kappa shape index (κ1) is 16.6. The smallest absolute Gasteiger partial charge is 0.319 e. The molecule has 0 saturated heterocycles. The Morgan fingerprint density at radius 3 is 2.18 bits per heavy atom. The van der Waals surface area contributed by atoms with Gasteiger partial charge in [0, 0.05) is 22.3 Å². The van der Waals surface area contributed by atoms with Crippen molar-refractivity contribution in [2.24, 2.45) is 5.92 Å². The van der Waals surface area contributed by atoms with Crippen molar-refractivity contribution in [3.63, 3.8) is 0 Å². The Bertz CT molecular complexity index is 372. The van der Waals surface area contributed by atoms with Gasteiger partial charge in [-0.2, -0.15) is 0 Å². The van der Waals surface area contributed by atoms with Crippen LogP contribution >= 0.6 is 0 Å². The van der Waals surface area contributed by atoms with Crippen molar-refractivity contribution >= 4 is 26.6 Å². The average Bonchev–Trinajstić information content (AvgIpc) is 2.13. The van der Waals surface area contributed by atoms with E-state index in [0.29, 0.717) is 6.42 Å². The number of carboxylic acid groups (broad SMARTS) is 1. The van der Waals surface area contributed by atoms with E-state index in [1.54, 1.807) is 20.8 Å². The second kappa shape index (κ2) is 7.10. The summed E-state index contributed by atoms with van der Waals surface area (Å²) >= 11 is 0. The van der Waals surface area contributed by atoms with Crippen LogP contribution in [0.3, 0.4) is 0 Å². The number of carboxylic acids is 1. The summed E-state index contributed by atoms with van der Waals surface area (Å²) in [5.74, 6) is -1.65. The molecule has 102 valence electrons. The Labute approximate surface area is 105 Å². The highest BCUT2D eigenvalue weighted by atomic mass is 32.2. The number of rotatable bonds is 8. The zero-order valence-electron chi connectivity index (χ0n) is 10.4. The summed E-state index contributed by atoms with van der Waals surface area (Å²) in [4.78, 5) is 10.9. The number of hydrogen-bond donors (Lipinski definition) is 1. The predicted octanol–water partition coefficient (Wildman–Crippen LogP) is 0.669. The molecule has 0 aromatic heterocycles. The molecule has 0 aliphatic heterocycles. The van der Waals surface area contributed by atoms with Crippen molar-refractivity contribution in [1.82, 2.24) is 0 Å². The second-order valence-electron chi connectivity index (χ2n) is 4.24. The monoisotopic (exact) mass is 284 g/mol. The minimum absolute atomic E-state index is 0.0591. The number of carbonyl (C=O) groups is 1. The molecule has 0 heterocycles. The molecule has 0 rings (SSSR count). The zero-order chi connectivity index (χ0) is 13.6. The van der Waals surface area contributed by atoms with Crippen molar-refractivity contribution in [2.45, 2.75) is 32.4 Å². The Morgan fingerprint density at radius 1 is 1.29 bits per heavy atom. The van der Waals surface area contributed by atoms with Crippen LogP contribution in [0.2, 0.25) is 0 Å². The maximum absolute atomic E-state index is 11.7. The van der Waals surface area contributed by atoms with Crippen molar-refractivity contribution in [1.29, 1.82) is 0 Å². The number of sulfone groups is 1. The van der Waals surface area contributed by atoms with Crippen LogP contribution in [-0.2, 0) is 25.4 Å². The van der Waals surface area contributed by atoms with E-state index in [0.717, 1.165) is 0 Å². The summed E-state index contributed by atoms with van der Waals surface area (Å²) in [6.07, 6.45) is 0.515. The highest BCUT2D eigenvalue weighted by Crippen LogP contribution is 2.11. The summed E-state index contributed by atoms with van der Waals surface area (Å²) in [7, 11) is -4.84. The lowest BCUT2D eigenvalue weighted by Gasteiger charge is -2.15. The van der Waals surface area contributed by atoms with Crippen molar-refractivity contribution in [2.75, 3.05) is 17.3 Å². The van der Waals surface area contributed by atoms with Gasteiger partial charge in [-0.3, -0.25) is 9.00 Å². The van der Waals surface area contributed by atoms with Crippen molar-refractivity contribution in [3.05, 3.63) is 0 Å². The fraction of sp³-hybridized carbons (Fsp3) is 0.900. The molecule has 0 aliphatic carbocycles. The van der Waals surface area contributed by atoms with Gasteiger partial charge in [0.05, 0.1) is 5.75 Å². The van der Waals surface area contributed by atoms with Crippen LogP contribution in [0.15, 0.2) is 0 Å². The summed E-state index contributed by atoms with van der Waals surface area (Å²) in [5.41, 5.74) is 0. The largest absolute Gasteiger partial charge is 0.480 e. The molecule has 0 aliphatic rings. The molecule has 0 radical (unpaired) electrons. The molecule has 0 bridgehead atoms. The predicted molar refractivity (Wildman–Crippen MR) is 68.2 cm³/mol. The van der Waals surface area contributed by atoms with Crippen LogP contribution in [-0.4, -0.2) is 46.2 Å². The minimum Gasteiger partial charge on any atom is -0.480 e. The third kappa shape index (κ3) is 6.16. The molecular weight excluding hydrogens is 264 g/mol. The quantitative estimate of drug-likeness (QED) is 0.707. The second-order valence-corrected chi connectivity index (χ2v) is 8.22. The molecule has 0 amide bonds. The first-order valence-corrected chi connectivity index (χ1v) is 8.72. The van der Waals surface area contributed by atoms with Gasteiger partial charge in [0.25, 0.3) is 0 Å². The minimum atomic E-state index is -3.20. The molecule has 5 nitrogen and oxygen atoms in total. The van der Waals surface area contributed by atoms with Crippen LogP contribution in [0.4, 0.5) is 0 Å². The fourth-order valence-electron chi connectivity index (χ4n) is 1.45. The van der Waals surface area contributed by atoms with Gasteiger partial charge < -0.3 is 5.11 Å². The van der Waals surface area contributed by atoms with Crippen molar-refractivity contribution < 1.29 is 22.5 Å². The number of hydrogen-bond acceptors (Lipinski definition) is 4. The molecule has 1 N–H and O–H groups in total. The van der Waals surface area contributed by atoms with Gasteiger partial charge in [0.2, 0.25) is 0 Å². The Morgan fingerprint density at radius 2 is 1.82 bits per heavy atom. The van der Waals surface area contributed by atoms with Gasteiger partial charge >= 0.3 is 5.97 Å². The maximum Gasteiger partial charge on any atom is 0.319 e. The van der Waals surface area contributed by atoms with Crippen LogP contribution < -0.4 is 0 Å². The Kier molecular flexibility index (Phi) is 6.92. The maximum atomic E-state index is 11.7. The molecule has 0 saturated carbocycles. The fourth-order valence-corrected chi connectivity index (χ4v) is 5.04. The van der Waals surface area contributed by atoms with E-state index in [1.165, 1.54) is 0 Å². The van der Waals surface area contributed by atoms with E-state index in [4.69, 9.17) is 5.11 Å². The topological polar surface area (TPSA) is 88.5 Å². The molecule has 0 fully saturated rings. The lowest BCUT2D eigenvalue weighted by atomic mass is 10.1. The summed E-state index contributed by atoms with van der Waals surface area (Å²) in [6.45, 7) is 5.08. The van der Waals surface area contributed by atoms with Gasteiger partial charge in [-0.25, -0.2) is 8.42 Å². The third-order valence-corrected chi connectivity index (χ3v) is 6.28. The van der Waals surface area contributed by atoms with E-state index < -0.39 is 31.9 Å². The molecule has 0 aromatic rings. The first-order chi connectivity index (χ1) is 7.71. The van der Waals surface area contributed by atoms with Crippen LogP contribution in [0.5, 0.6) is 0 Å². The normalized spacial score (nSPS) is 15.8. The van der Waals surface area contributed by atoms with E-state index >= 15 is 0 Å². The van der Waals surface area contributed by atoms with Crippen molar-refractivity contribution in [3.8, 4) is 0 Å². The highest BCUT2D eigenvalue weighted by molar-refractivity contribution is 7.93. The summed E-state index contributed by atoms with van der Waals surface area (Å²) < 4.78 is 34.6. The first-order valence-electron chi connectivity index (χ1n) is 5.51. The van der Waals surface area contributed by atoms with E-state index in [2.05, 4.69) is 0 Å². The molecule has 2 atom stereocenters. The molecule has 17 heavy (non-hydrogen) atoms. The van der Waals surface area contributed by atoms with Gasteiger partial charge in [0.15, 0.2) is 9.84 Å². The standard InChI is InChI=1S/C10H20O5S2/c1-4-6-17(14,15)7-5-16(13)9(8(2)3)10(11)12/h8-9H,4-7H2,1-3H3,(H,11,12). The Hall–Kier alpha value is -0.430. The van der Waals surface area contributed by atoms with E-state index in [-0.39, 0.29) is 23.2 Å². The van der Waals surface area contributed by atoms with Crippen LogP contribution in [0.1, 0.15) is 27.2 Å². The molecular formula is C10H20O5S2. The summed E-state index contributed by atoms with van der Waals surface area (Å²) in [6, 6.07) is 0. The highest BCUT2D eigenvalue weighted by Gasteiger charge is 2.28. The summed E-state index contributed by atoms with van der Waals surface area (Å²) in [5, 5.41) is 7.91. The Balaban J connectivity index is 4.49. The molecule has 2 unspecified atom stereocenters.